The molecule has 5 aromatic rings. The number of fused-ring (bicyclic) bond motifs is 2. The number of benzene rings is 3. The fraction of sp³-hybridized carbons (Fsp3) is 0.432. The third-order valence-corrected chi connectivity index (χ3v) is 9.39. The number of rotatable bonds is 7. The van der Waals surface area contributed by atoms with Gasteiger partial charge in [-0.25, -0.2) is 4.98 Å². The Balaban J connectivity index is 0.000000775. The number of ether oxygens (including phenoxy) is 1. The zero-order valence-corrected chi connectivity index (χ0v) is 29.5. The van der Waals surface area contributed by atoms with E-state index in [1.807, 2.05) is 18.7 Å². The highest BCUT2D eigenvalue weighted by Gasteiger charge is 2.28. The van der Waals surface area contributed by atoms with Crippen molar-refractivity contribution in [3.63, 3.8) is 0 Å². The van der Waals surface area contributed by atoms with E-state index in [4.69, 9.17) is 19.9 Å². The number of hydrogen-bond acceptors (Lipinski definition) is 8. The van der Waals surface area contributed by atoms with Crippen LogP contribution in [0.2, 0.25) is 0 Å². The molecule has 244 valence electrons. The predicted octanol–water partition coefficient (Wildman–Crippen LogP) is 7.16. The first-order chi connectivity index (χ1) is 21.7. The number of likely N-dealkylation sites (N-methyl/N-ethyl adjacent to an activating group) is 1. The van der Waals surface area contributed by atoms with Crippen LogP contribution in [0.25, 0.3) is 42.8 Å². The molecule has 6 rings (SSSR count). The molecule has 0 spiro atoms. The van der Waals surface area contributed by atoms with Crippen molar-refractivity contribution < 1.29 is 14.6 Å². The lowest BCUT2D eigenvalue weighted by Gasteiger charge is -2.20. The lowest BCUT2D eigenvalue weighted by Crippen LogP contribution is -2.31. The van der Waals surface area contributed by atoms with Crippen molar-refractivity contribution in [3.05, 3.63) is 65.2 Å². The van der Waals surface area contributed by atoms with E-state index in [0.29, 0.717) is 12.6 Å². The van der Waals surface area contributed by atoms with Crippen molar-refractivity contribution >= 4 is 44.2 Å². The number of hydrogen-bond donors (Lipinski definition) is 1. The quantitative estimate of drug-likeness (QED) is 0.189. The molecule has 1 fully saturated rings. The van der Waals surface area contributed by atoms with Crippen LogP contribution >= 0.6 is 11.3 Å². The number of esters is 1. The lowest BCUT2D eigenvalue weighted by molar-refractivity contribution is -0.142. The molecule has 3 aromatic carbocycles. The molecule has 3 heterocycles. The summed E-state index contributed by atoms with van der Waals surface area (Å²) in [5.41, 5.74) is 8.06. The summed E-state index contributed by atoms with van der Waals surface area (Å²) in [6, 6.07) is 17.7. The molecule has 1 saturated heterocycles. The zero-order chi connectivity index (χ0) is 33.3. The van der Waals surface area contributed by atoms with Gasteiger partial charge in [0.25, 0.3) is 0 Å². The van der Waals surface area contributed by atoms with Gasteiger partial charge in [0.1, 0.15) is 5.01 Å². The highest BCUT2D eigenvalue weighted by molar-refractivity contribution is 7.22. The van der Waals surface area contributed by atoms with Crippen LogP contribution in [-0.2, 0) is 23.0 Å². The van der Waals surface area contributed by atoms with Crippen LogP contribution in [0.4, 0.5) is 5.82 Å². The van der Waals surface area contributed by atoms with Crippen LogP contribution in [0, 0.1) is 13.8 Å². The molecule has 0 bridgehead atoms. The van der Waals surface area contributed by atoms with Crippen LogP contribution in [0.3, 0.4) is 0 Å². The minimum atomic E-state index is -0.500. The first kappa shape index (κ1) is 33.6. The minimum absolute atomic E-state index is 0.207. The standard InChI is InChI=1S/C33H37N5O2S.C4H10O/c1-7-40-29(39)18-25-21(3)16-27-31(30(25)22-10-8-20(2)9-11-22)41-33(34-27)23-12-13-28-26(17-23)32(35-37(28)6)38-15-14-24(19-38)36(4)5;1-4(2,3)5/h8-13,16-17,24H,7,14-15,18-19H2,1-6H3;5H,1-3H3. The van der Waals surface area contributed by atoms with Crippen molar-refractivity contribution in [3.8, 4) is 21.7 Å². The average Bonchev–Trinajstić information content (AvgIpc) is 3.71. The van der Waals surface area contributed by atoms with E-state index in [1.165, 1.54) is 5.56 Å². The van der Waals surface area contributed by atoms with E-state index in [-0.39, 0.29) is 12.4 Å². The number of carbonyl (C=O) groups excluding carboxylic acids is 1. The first-order valence-corrected chi connectivity index (χ1v) is 16.8. The summed E-state index contributed by atoms with van der Waals surface area (Å²) in [4.78, 5) is 22.5. The van der Waals surface area contributed by atoms with Crippen LogP contribution in [0.15, 0.2) is 48.5 Å². The van der Waals surface area contributed by atoms with Crippen LogP contribution in [-0.4, -0.2) is 76.2 Å². The first-order valence-electron chi connectivity index (χ1n) is 16.0. The lowest BCUT2D eigenvalue weighted by atomic mass is 9.93. The Kier molecular flexibility index (Phi) is 9.86. The number of aryl methyl sites for hydroxylation is 3. The van der Waals surface area contributed by atoms with Crippen molar-refractivity contribution in [1.29, 1.82) is 0 Å². The topological polar surface area (TPSA) is 83.7 Å². The molecule has 1 N–H and O–H groups in total. The molecule has 0 radical (unpaired) electrons. The summed E-state index contributed by atoms with van der Waals surface area (Å²) in [6.45, 7) is 13.6. The minimum Gasteiger partial charge on any atom is -0.466 e. The van der Waals surface area contributed by atoms with Crippen molar-refractivity contribution in [1.82, 2.24) is 19.7 Å². The molecule has 9 heteroatoms. The molecule has 2 aromatic heterocycles. The molecule has 46 heavy (non-hydrogen) atoms. The van der Waals surface area contributed by atoms with Gasteiger partial charge in [0.15, 0.2) is 5.82 Å². The van der Waals surface area contributed by atoms with Crippen molar-refractivity contribution in [2.75, 3.05) is 38.7 Å². The number of carbonyl (C=O) groups is 1. The fourth-order valence-electron chi connectivity index (χ4n) is 5.94. The predicted molar refractivity (Wildman–Crippen MR) is 191 cm³/mol. The van der Waals surface area contributed by atoms with E-state index >= 15 is 0 Å². The number of anilines is 1. The molecule has 8 nitrogen and oxygen atoms in total. The van der Waals surface area contributed by atoms with Gasteiger partial charge in [-0.2, -0.15) is 5.10 Å². The van der Waals surface area contributed by atoms with Gasteiger partial charge in [-0.3, -0.25) is 9.48 Å². The summed E-state index contributed by atoms with van der Waals surface area (Å²) in [7, 11) is 6.33. The number of aromatic nitrogens is 3. The maximum Gasteiger partial charge on any atom is 0.310 e. The maximum absolute atomic E-state index is 12.6. The summed E-state index contributed by atoms with van der Waals surface area (Å²) < 4.78 is 8.42. The monoisotopic (exact) mass is 641 g/mol. The summed E-state index contributed by atoms with van der Waals surface area (Å²) in [5, 5.41) is 15.6. The Hall–Kier alpha value is -3.79. The Morgan fingerprint density at radius 3 is 2.39 bits per heavy atom. The largest absolute Gasteiger partial charge is 0.466 e. The molecule has 1 unspecified atom stereocenters. The third kappa shape index (κ3) is 7.43. The molecule has 1 atom stereocenters. The average molecular weight is 642 g/mol. The Morgan fingerprint density at radius 1 is 1.09 bits per heavy atom. The second kappa shape index (κ2) is 13.5. The van der Waals surface area contributed by atoms with E-state index < -0.39 is 5.60 Å². The molecule has 1 aliphatic rings. The van der Waals surface area contributed by atoms with Gasteiger partial charge < -0.3 is 19.6 Å². The number of nitrogens with zero attached hydrogens (tertiary/aromatic N) is 5. The zero-order valence-electron chi connectivity index (χ0n) is 28.6. The van der Waals surface area contributed by atoms with Gasteiger partial charge in [0, 0.05) is 42.7 Å². The maximum atomic E-state index is 12.6. The van der Waals surface area contributed by atoms with Crippen LogP contribution < -0.4 is 4.90 Å². The van der Waals surface area contributed by atoms with Crippen LogP contribution in [0.1, 0.15) is 50.8 Å². The molecule has 0 amide bonds. The Morgan fingerprint density at radius 2 is 1.76 bits per heavy atom. The highest BCUT2D eigenvalue weighted by atomic mass is 32.1. The van der Waals surface area contributed by atoms with E-state index in [2.05, 4.69) is 86.3 Å². The SMILES string of the molecule is CC(C)(C)O.CCOC(=O)Cc1c(C)cc2nc(-c3ccc4c(c3)c(N3CCC(N(C)C)C3)nn4C)sc2c1-c1ccc(C)cc1. The molecular formula is C37H47N5O3S. The third-order valence-electron chi connectivity index (χ3n) is 8.25. The normalized spacial score (nSPS) is 15.1. The van der Waals surface area contributed by atoms with E-state index in [9.17, 15) is 4.79 Å². The number of aliphatic hydroxyl groups is 1. The Labute approximate surface area is 276 Å². The second-order valence-corrected chi connectivity index (χ2v) is 14.5. The van der Waals surface area contributed by atoms with Crippen molar-refractivity contribution in [2.45, 2.75) is 66.0 Å². The summed E-state index contributed by atoms with van der Waals surface area (Å²) >= 11 is 1.69. The van der Waals surface area contributed by atoms with E-state index in [1.54, 1.807) is 32.1 Å². The second-order valence-electron chi connectivity index (χ2n) is 13.5. The molecule has 1 aliphatic heterocycles. The number of thiazole rings is 1. The van der Waals surface area contributed by atoms with Gasteiger partial charge in [-0.05, 0) is 103 Å². The van der Waals surface area contributed by atoms with Crippen molar-refractivity contribution in [2.24, 2.45) is 7.05 Å². The molecular weight excluding hydrogens is 595 g/mol. The molecule has 0 aliphatic carbocycles. The van der Waals surface area contributed by atoms with Gasteiger partial charge in [-0.1, -0.05) is 29.8 Å². The summed E-state index contributed by atoms with van der Waals surface area (Å²) in [6.07, 6.45) is 1.37. The van der Waals surface area contributed by atoms with E-state index in [0.717, 1.165) is 79.3 Å². The smallest absolute Gasteiger partial charge is 0.310 e. The van der Waals surface area contributed by atoms with Gasteiger partial charge in [0.2, 0.25) is 0 Å². The highest BCUT2D eigenvalue weighted by Crippen LogP contribution is 2.42. The van der Waals surface area contributed by atoms with Gasteiger partial charge >= 0.3 is 5.97 Å². The van der Waals surface area contributed by atoms with Gasteiger partial charge in [-0.15, -0.1) is 11.3 Å². The van der Waals surface area contributed by atoms with Crippen LogP contribution in [0.5, 0.6) is 0 Å². The summed E-state index contributed by atoms with van der Waals surface area (Å²) in [5.74, 6) is 0.837. The Bertz CT molecular complexity index is 1840. The van der Waals surface area contributed by atoms with Gasteiger partial charge in [0.05, 0.1) is 34.4 Å². The fourth-order valence-corrected chi connectivity index (χ4v) is 7.07. The molecule has 0 saturated carbocycles.